The zero-order valence-electron chi connectivity index (χ0n) is 11.1. The summed E-state index contributed by atoms with van der Waals surface area (Å²) >= 11 is 0. The topological polar surface area (TPSA) is 83.5 Å². The van der Waals surface area contributed by atoms with E-state index in [9.17, 15) is 35.2 Å². The molecule has 1 aromatic rings. The van der Waals surface area contributed by atoms with E-state index in [1.54, 1.807) is 0 Å². The molecule has 1 rings (SSSR count). The first kappa shape index (κ1) is 18.3. The molecule has 0 aliphatic heterocycles. The number of hydrogen-bond acceptors (Lipinski definition) is 3. The first-order chi connectivity index (χ1) is 9.91. The normalized spacial score (nSPS) is 13.5. The molecule has 1 unspecified atom stereocenters. The van der Waals surface area contributed by atoms with Crippen LogP contribution in [-0.4, -0.2) is 25.5 Å². The summed E-state index contributed by atoms with van der Waals surface area (Å²) in [6.07, 6.45) is 0. The summed E-state index contributed by atoms with van der Waals surface area (Å²) in [6.45, 7) is 2.56. The number of benzene rings is 1. The smallest absolute Gasteiger partial charge is 0.322 e. The summed E-state index contributed by atoms with van der Waals surface area (Å²) in [6, 6.07) is -1.82. The van der Waals surface area contributed by atoms with Crippen molar-refractivity contribution in [3.8, 4) is 0 Å². The van der Waals surface area contributed by atoms with Gasteiger partial charge in [0.15, 0.2) is 28.2 Å². The van der Waals surface area contributed by atoms with E-state index in [-0.39, 0.29) is 0 Å². The minimum atomic E-state index is -5.30. The Kier molecular flexibility index (Phi) is 5.13. The van der Waals surface area contributed by atoms with Gasteiger partial charge in [0.25, 0.3) is 0 Å². The van der Waals surface area contributed by atoms with E-state index in [1.807, 2.05) is 0 Å². The Hall–Kier alpha value is -1.75. The van der Waals surface area contributed by atoms with Gasteiger partial charge in [-0.05, 0) is 5.92 Å². The lowest BCUT2D eigenvalue weighted by Gasteiger charge is -2.18. The fraction of sp³-hybridized carbons (Fsp3) is 0.364. The second-order valence-corrected chi connectivity index (χ2v) is 6.23. The number of nitrogens with one attached hydrogen (secondary N) is 1. The molecular weight excluding hydrogens is 337 g/mol. The molecule has 0 heterocycles. The molecule has 0 aromatic heterocycles. The molecule has 0 saturated heterocycles. The van der Waals surface area contributed by atoms with Crippen LogP contribution in [0.3, 0.4) is 0 Å². The van der Waals surface area contributed by atoms with Crippen LogP contribution in [0.2, 0.25) is 0 Å². The fourth-order valence-electron chi connectivity index (χ4n) is 1.52. The van der Waals surface area contributed by atoms with Crippen molar-refractivity contribution in [2.45, 2.75) is 24.8 Å². The van der Waals surface area contributed by atoms with Crippen molar-refractivity contribution in [3.05, 3.63) is 29.1 Å². The van der Waals surface area contributed by atoms with Crippen LogP contribution in [0.1, 0.15) is 13.8 Å². The van der Waals surface area contributed by atoms with E-state index in [0.717, 1.165) is 0 Å². The Labute approximate surface area is 121 Å². The minimum absolute atomic E-state index is 0.853. The molecule has 124 valence electrons. The summed E-state index contributed by atoms with van der Waals surface area (Å²) in [7, 11) is -5.30. The average molecular weight is 347 g/mol. The molecule has 1 atom stereocenters. The van der Waals surface area contributed by atoms with Gasteiger partial charge in [-0.15, -0.1) is 0 Å². The summed E-state index contributed by atoms with van der Waals surface area (Å²) in [5, 5.41) is 8.82. The average Bonchev–Trinajstić information content (AvgIpc) is 2.39. The molecular formula is C11H10F5NO4S. The molecule has 22 heavy (non-hydrogen) atoms. The SMILES string of the molecule is CC(C)C(NS(=O)(=O)c1c(F)c(F)c(F)c(F)c1F)C(=O)O. The highest BCUT2D eigenvalue weighted by Crippen LogP contribution is 2.27. The Morgan fingerprint density at radius 3 is 1.64 bits per heavy atom. The molecule has 2 N–H and O–H groups in total. The molecule has 0 spiro atoms. The molecule has 0 radical (unpaired) electrons. The Morgan fingerprint density at radius 2 is 1.32 bits per heavy atom. The first-order valence-electron chi connectivity index (χ1n) is 5.68. The fourth-order valence-corrected chi connectivity index (χ4v) is 2.99. The summed E-state index contributed by atoms with van der Waals surface area (Å²) in [4.78, 5) is 8.76. The Bertz CT molecular complexity index is 691. The van der Waals surface area contributed by atoms with Crippen LogP contribution in [0.4, 0.5) is 22.0 Å². The highest BCUT2D eigenvalue weighted by molar-refractivity contribution is 7.89. The molecule has 0 bridgehead atoms. The van der Waals surface area contributed by atoms with Crippen molar-refractivity contribution >= 4 is 16.0 Å². The van der Waals surface area contributed by atoms with Crippen molar-refractivity contribution in [2.24, 2.45) is 5.92 Å². The molecule has 0 aliphatic carbocycles. The number of carboxylic acids is 1. The lowest BCUT2D eigenvalue weighted by atomic mass is 10.1. The summed E-state index contributed by atoms with van der Waals surface area (Å²) in [5.41, 5.74) is 0. The third kappa shape index (κ3) is 3.19. The van der Waals surface area contributed by atoms with Gasteiger partial charge in [0.1, 0.15) is 6.04 Å². The molecule has 0 saturated carbocycles. The molecule has 5 nitrogen and oxygen atoms in total. The van der Waals surface area contributed by atoms with E-state index in [2.05, 4.69) is 0 Å². The van der Waals surface area contributed by atoms with Gasteiger partial charge in [0, 0.05) is 0 Å². The largest absolute Gasteiger partial charge is 0.480 e. The second kappa shape index (κ2) is 6.16. The van der Waals surface area contributed by atoms with Gasteiger partial charge < -0.3 is 5.11 Å². The van der Waals surface area contributed by atoms with Crippen LogP contribution in [0, 0.1) is 35.0 Å². The van der Waals surface area contributed by atoms with Crippen LogP contribution in [0.5, 0.6) is 0 Å². The maximum Gasteiger partial charge on any atom is 0.322 e. The quantitative estimate of drug-likeness (QED) is 0.483. The van der Waals surface area contributed by atoms with E-state index >= 15 is 0 Å². The van der Waals surface area contributed by atoms with Crippen LogP contribution < -0.4 is 4.72 Å². The van der Waals surface area contributed by atoms with Gasteiger partial charge in [-0.2, -0.15) is 4.72 Å². The van der Waals surface area contributed by atoms with E-state index < -0.39 is 61.9 Å². The van der Waals surface area contributed by atoms with Crippen LogP contribution in [-0.2, 0) is 14.8 Å². The molecule has 0 amide bonds. The van der Waals surface area contributed by atoms with Crippen molar-refractivity contribution < 1.29 is 40.3 Å². The Morgan fingerprint density at radius 1 is 0.955 bits per heavy atom. The number of aliphatic carboxylic acids is 1. The highest BCUT2D eigenvalue weighted by Gasteiger charge is 2.36. The standard InChI is InChI=1S/C11H10F5NO4S/c1-3(2)9(11(18)19)17-22(20,21)10-7(15)5(13)4(12)6(14)8(10)16/h3,9,17H,1-2H3,(H,18,19). The third-order valence-corrected chi connectivity index (χ3v) is 4.11. The molecule has 11 heteroatoms. The maximum atomic E-state index is 13.5. The number of rotatable bonds is 5. The summed E-state index contributed by atoms with van der Waals surface area (Å²) < 4.78 is 90.8. The van der Waals surface area contributed by atoms with Gasteiger partial charge in [0.2, 0.25) is 15.8 Å². The van der Waals surface area contributed by atoms with Gasteiger partial charge in [-0.3, -0.25) is 4.79 Å². The van der Waals surface area contributed by atoms with Crippen LogP contribution in [0.15, 0.2) is 4.90 Å². The zero-order chi connectivity index (χ0) is 17.4. The number of carbonyl (C=O) groups is 1. The lowest BCUT2D eigenvalue weighted by molar-refractivity contribution is -0.140. The molecule has 0 fully saturated rings. The van der Waals surface area contributed by atoms with Crippen molar-refractivity contribution in [1.29, 1.82) is 0 Å². The summed E-state index contributed by atoms with van der Waals surface area (Å²) in [5.74, 6) is -15.1. The number of halogens is 5. The minimum Gasteiger partial charge on any atom is -0.480 e. The predicted octanol–water partition coefficient (Wildman–Crippen LogP) is 1.77. The maximum absolute atomic E-state index is 13.5. The predicted molar refractivity (Wildman–Crippen MR) is 62.8 cm³/mol. The number of hydrogen-bond donors (Lipinski definition) is 2. The third-order valence-electron chi connectivity index (χ3n) is 2.65. The highest BCUT2D eigenvalue weighted by atomic mass is 32.2. The van der Waals surface area contributed by atoms with Crippen molar-refractivity contribution in [2.75, 3.05) is 0 Å². The van der Waals surface area contributed by atoms with Gasteiger partial charge in [-0.25, -0.2) is 30.4 Å². The number of sulfonamides is 1. The first-order valence-corrected chi connectivity index (χ1v) is 7.16. The number of carboxylic acid groups (broad SMARTS) is 1. The van der Waals surface area contributed by atoms with E-state index in [1.165, 1.54) is 18.6 Å². The van der Waals surface area contributed by atoms with E-state index in [4.69, 9.17) is 5.11 Å². The molecule has 1 aromatic carbocycles. The zero-order valence-corrected chi connectivity index (χ0v) is 11.9. The lowest BCUT2D eigenvalue weighted by Crippen LogP contribution is -2.44. The van der Waals surface area contributed by atoms with E-state index in [0.29, 0.717) is 0 Å². The van der Waals surface area contributed by atoms with Gasteiger partial charge in [0.05, 0.1) is 0 Å². The van der Waals surface area contributed by atoms with Crippen LogP contribution in [0.25, 0.3) is 0 Å². The van der Waals surface area contributed by atoms with Gasteiger partial charge >= 0.3 is 5.97 Å². The Balaban J connectivity index is 3.51. The van der Waals surface area contributed by atoms with Crippen LogP contribution >= 0.6 is 0 Å². The van der Waals surface area contributed by atoms with Crippen molar-refractivity contribution in [1.82, 2.24) is 4.72 Å². The van der Waals surface area contributed by atoms with Gasteiger partial charge in [-0.1, -0.05) is 13.8 Å². The molecule has 0 aliphatic rings. The second-order valence-electron chi connectivity index (χ2n) is 4.58. The van der Waals surface area contributed by atoms with Crippen molar-refractivity contribution in [3.63, 3.8) is 0 Å². The monoisotopic (exact) mass is 347 g/mol.